The number of benzene rings is 2. The molecule has 1 N–H and O–H groups in total. The fourth-order valence-electron chi connectivity index (χ4n) is 3.27. The van der Waals surface area contributed by atoms with Gasteiger partial charge >= 0.3 is 0 Å². The molecule has 2 aromatic carbocycles. The minimum atomic E-state index is -0.256. The molecular weight excluding hydrogens is 339 g/mol. The maximum Gasteiger partial charge on any atom is 0.165 e. The second-order valence-corrected chi connectivity index (χ2v) is 6.58. The fraction of sp³-hybridized carbons (Fsp3) is 0.182. The van der Waals surface area contributed by atoms with Crippen LogP contribution in [0.3, 0.4) is 0 Å². The number of fused-ring (bicyclic) bond motifs is 1. The third-order valence-electron chi connectivity index (χ3n) is 4.50. The van der Waals surface area contributed by atoms with Crippen LogP contribution in [0.2, 0.25) is 0 Å². The molecular formula is C22H21FN4. The summed E-state index contributed by atoms with van der Waals surface area (Å²) in [5.74, 6) is 0.564. The lowest BCUT2D eigenvalue weighted by Gasteiger charge is -2.11. The first-order valence-electron chi connectivity index (χ1n) is 9.13. The van der Waals surface area contributed by atoms with Gasteiger partial charge in [-0.05, 0) is 43.2 Å². The van der Waals surface area contributed by atoms with Gasteiger partial charge in [0.25, 0.3) is 0 Å². The third kappa shape index (κ3) is 3.40. The van der Waals surface area contributed by atoms with Gasteiger partial charge in [-0.2, -0.15) is 9.61 Å². The molecule has 0 spiro atoms. The molecule has 0 aliphatic carbocycles. The van der Waals surface area contributed by atoms with E-state index in [2.05, 4.69) is 24.4 Å². The van der Waals surface area contributed by atoms with Crippen molar-refractivity contribution in [1.82, 2.24) is 14.6 Å². The topological polar surface area (TPSA) is 42.2 Å². The second-order valence-electron chi connectivity index (χ2n) is 6.58. The van der Waals surface area contributed by atoms with Crippen molar-refractivity contribution in [2.24, 2.45) is 0 Å². The van der Waals surface area contributed by atoms with E-state index in [1.54, 1.807) is 12.1 Å². The van der Waals surface area contributed by atoms with E-state index in [0.717, 1.165) is 52.5 Å². The van der Waals surface area contributed by atoms with Crippen LogP contribution in [-0.4, -0.2) is 14.6 Å². The molecule has 136 valence electrons. The Morgan fingerprint density at radius 2 is 1.78 bits per heavy atom. The Hall–Kier alpha value is -3.21. The van der Waals surface area contributed by atoms with Gasteiger partial charge in [0.1, 0.15) is 11.6 Å². The predicted octanol–water partition coefficient (Wildman–Crippen LogP) is 5.54. The van der Waals surface area contributed by atoms with E-state index in [0.29, 0.717) is 0 Å². The van der Waals surface area contributed by atoms with Gasteiger partial charge in [-0.25, -0.2) is 9.37 Å². The second kappa shape index (κ2) is 7.19. The first-order chi connectivity index (χ1) is 13.2. The number of nitrogens with one attached hydrogen (secondary N) is 1. The minimum absolute atomic E-state index is 0.256. The van der Waals surface area contributed by atoms with E-state index in [9.17, 15) is 4.39 Å². The first kappa shape index (κ1) is 17.2. The summed E-state index contributed by atoms with van der Waals surface area (Å²) in [4.78, 5) is 4.88. The van der Waals surface area contributed by atoms with E-state index in [4.69, 9.17) is 10.1 Å². The number of aromatic nitrogens is 3. The summed E-state index contributed by atoms with van der Waals surface area (Å²) in [5, 5.41) is 8.08. The Balaban J connectivity index is 1.89. The summed E-state index contributed by atoms with van der Waals surface area (Å²) in [6.45, 7) is 4.14. The number of hydrogen-bond acceptors (Lipinski definition) is 3. The molecule has 0 saturated heterocycles. The van der Waals surface area contributed by atoms with Crippen molar-refractivity contribution in [3.8, 4) is 11.1 Å². The largest absolute Gasteiger partial charge is 0.340 e. The highest BCUT2D eigenvalue weighted by atomic mass is 19.1. The van der Waals surface area contributed by atoms with Crippen molar-refractivity contribution in [2.75, 3.05) is 5.32 Å². The molecule has 4 nitrogen and oxygen atoms in total. The number of halogens is 1. The summed E-state index contributed by atoms with van der Waals surface area (Å²) in [6.07, 6.45) is 1.89. The lowest BCUT2D eigenvalue weighted by atomic mass is 10.1. The molecule has 0 radical (unpaired) electrons. The van der Waals surface area contributed by atoms with Gasteiger partial charge in [0.2, 0.25) is 0 Å². The summed E-state index contributed by atoms with van der Waals surface area (Å²) in [7, 11) is 0. The molecule has 0 unspecified atom stereocenters. The number of rotatable bonds is 5. The van der Waals surface area contributed by atoms with Gasteiger partial charge in [0.15, 0.2) is 5.65 Å². The summed E-state index contributed by atoms with van der Waals surface area (Å²) >= 11 is 0. The van der Waals surface area contributed by atoms with Crippen molar-refractivity contribution >= 4 is 17.2 Å². The molecule has 0 amide bonds. The normalized spacial score (nSPS) is 11.1. The van der Waals surface area contributed by atoms with Crippen LogP contribution in [0.15, 0.2) is 60.7 Å². The highest BCUT2D eigenvalue weighted by molar-refractivity contribution is 5.81. The van der Waals surface area contributed by atoms with E-state index >= 15 is 0 Å². The maximum atomic E-state index is 13.2. The van der Waals surface area contributed by atoms with Crippen LogP contribution >= 0.6 is 0 Å². The molecule has 0 aliphatic rings. The van der Waals surface area contributed by atoms with Gasteiger partial charge < -0.3 is 5.32 Å². The van der Waals surface area contributed by atoms with E-state index in [1.165, 1.54) is 12.1 Å². The predicted molar refractivity (Wildman–Crippen MR) is 107 cm³/mol. The van der Waals surface area contributed by atoms with Gasteiger partial charge in [0.05, 0.1) is 5.69 Å². The van der Waals surface area contributed by atoms with E-state index in [-0.39, 0.29) is 5.82 Å². The van der Waals surface area contributed by atoms with Gasteiger partial charge in [-0.1, -0.05) is 43.7 Å². The van der Waals surface area contributed by atoms with Crippen molar-refractivity contribution < 1.29 is 4.39 Å². The Morgan fingerprint density at radius 1 is 1.04 bits per heavy atom. The Morgan fingerprint density at radius 3 is 2.48 bits per heavy atom. The molecule has 5 heteroatoms. The summed E-state index contributed by atoms with van der Waals surface area (Å²) in [6, 6.07) is 18.5. The van der Waals surface area contributed by atoms with Crippen LogP contribution in [0.1, 0.15) is 24.7 Å². The molecule has 2 heterocycles. The van der Waals surface area contributed by atoms with Crippen LogP contribution in [0, 0.1) is 12.7 Å². The number of anilines is 2. The fourth-order valence-corrected chi connectivity index (χ4v) is 3.27. The Bertz CT molecular complexity index is 1070. The summed E-state index contributed by atoms with van der Waals surface area (Å²) < 4.78 is 15.1. The van der Waals surface area contributed by atoms with E-state index in [1.807, 2.05) is 35.7 Å². The van der Waals surface area contributed by atoms with Crippen molar-refractivity contribution in [3.05, 3.63) is 77.9 Å². The lowest BCUT2D eigenvalue weighted by Crippen LogP contribution is -2.04. The van der Waals surface area contributed by atoms with Gasteiger partial charge in [-0.3, -0.25) is 0 Å². The molecule has 0 bridgehead atoms. The Kier molecular flexibility index (Phi) is 4.59. The SMILES string of the molecule is CCCc1cc(Nc2ccc(F)cc2)n2nc(C)c(-c3ccccc3)c2n1. The molecule has 27 heavy (non-hydrogen) atoms. The molecule has 2 aromatic heterocycles. The van der Waals surface area contributed by atoms with Crippen LogP contribution < -0.4 is 5.32 Å². The van der Waals surface area contributed by atoms with Crippen molar-refractivity contribution in [3.63, 3.8) is 0 Å². The Labute approximate surface area is 157 Å². The third-order valence-corrected chi connectivity index (χ3v) is 4.50. The zero-order valence-electron chi connectivity index (χ0n) is 15.4. The molecule has 0 atom stereocenters. The zero-order chi connectivity index (χ0) is 18.8. The highest BCUT2D eigenvalue weighted by Crippen LogP contribution is 2.30. The van der Waals surface area contributed by atoms with Crippen molar-refractivity contribution in [2.45, 2.75) is 26.7 Å². The quantitative estimate of drug-likeness (QED) is 0.508. The lowest BCUT2D eigenvalue weighted by molar-refractivity contribution is 0.628. The number of aryl methyl sites for hydroxylation is 2. The van der Waals surface area contributed by atoms with Crippen LogP contribution in [0.25, 0.3) is 16.8 Å². The average molecular weight is 360 g/mol. The molecule has 0 fully saturated rings. The van der Waals surface area contributed by atoms with Gasteiger partial charge in [-0.15, -0.1) is 0 Å². The van der Waals surface area contributed by atoms with Crippen LogP contribution in [0.4, 0.5) is 15.9 Å². The first-order valence-corrected chi connectivity index (χ1v) is 9.13. The van der Waals surface area contributed by atoms with Gasteiger partial charge in [0, 0.05) is 23.0 Å². The summed E-state index contributed by atoms with van der Waals surface area (Å²) in [5.41, 5.74) is 5.70. The smallest absolute Gasteiger partial charge is 0.165 e. The number of nitrogens with zero attached hydrogens (tertiary/aromatic N) is 3. The van der Waals surface area contributed by atoms with Crippen LogP contribution in [0.5, 0.6) is 0 Å². The molecule has 4 aromatic rings. The van der Waals surface area contributed by atoms with Crippen LogP contribution in [-0.2, 0) is 6.42 Å². The maximum absolute atomic E-state index is 13.2. The number of hydrogen-bond donors (Lipinski definition) is 1. The zero-order valence-corrected chi connectivity index (χ0v) is 15.4. The molecule has 4 rings (SSSR count). The monoisotopic (exact) mass is 360 g/mol. The standard InChI is InChI=1S/C22H21FN4/c1-3-7-19-14-20(24-18-12-10-17(23)11-13-18)27-22(25-19)21(15(2)26-27)16-8-5-4-6-9-16/h4-6,8-14,24H,3,7H2,1-2H3. The highest BCUT2D eigenvalue weighted by Gasteiger charge is 2.16. The molecule has 0 saturated carbocycles. The molecule has 0 aliphatic heterocycles. The minimum Gasteiger partial charge on any atom is -0.340 e. The van der Waals surface area contributed by atoms with Crippen molar-refractivity contribution in [1.29, 1.82) is 0 Å². The average Bonchev–Trinajstić information content (AvgIpc) is 3.01. The van der Waals surface area contributed by atoms with E-state index < -0.39 is 0 Å².